The largest absolute Gasteiger partial charge is 0.483 e. The Hall–Kier alpha value is -1.71. The lowest BCUT2D eigenvalue weighted by Gasteiger charge is -2.30. The van der Waals surface area contributed by atoms with Crippen molar-refractivity contribution in [1.29, 1.82) is 0 Å². The standard InChI is InChI=1S/C12H15NO3/c1-12(2)7-6-8-4-5-9(10(8)16-12)15-11(14)13-3/h4-6H,7H2,1-3H3,(H,13,14). The minimum absolute atomic E-state index is 0.248. The maximum Gasteiger partial charge on any atom is 0.412 e. The van der Waals surface area contributed by atoms with E-state index in [-0.39, 0.29) is 5.60 Å². The number of amides is 1. The van der Waals surface area contributed by atoms with Crippen LogP contribution in [0.3, 0.4) is 0 Å². The second-order valence-electron chi connectivity index (χ2n) is 4.39. The van der Waals surface area contributed by atoms with Crippen LogP contribution in [0.25, 0.3) is 0 Å². The number of rotatable bonds is 1. The average Bonchev–Trinajstić information content (AvgIpc) is 2.59. The fourth-order valence-corrected chi connectivity index (χ4v) is 1.63. The van der Waals surface area contributed by atoms with Gasteiger partial charge in [0, 0.05) is 19.0 Å². The third-order valence-corrected chi connectivity index (χ3v) is 2.50. The number of hydrogen-bond donors (Lipinski definition) is 1. The van der Waals surface area contributed by atoms with Crippen LogP contribution in [0, 0.1) is 0 Å². The van der Waals surface area contributed by atoms with E-state index < -0.39 is 6.09 Å². The lowest BCUT2D eigenvalue weighted by atomic mass is 9.99. The molecule has 0 spiro atoms. The Morgan fingerprint density at radius 2 is 2.25 bits per heavy atom. The number of alkyl carbamates (subject to hydrolysis) is 1. The molecule has 2 rings (SSSR count). The molecule has 0 aromatic carbocycles. The van der Waals surface area contributed by atoms with Crippen LogP contribution < -0.4 is 5.32 Å². The number of hydrogen-bond acceptors (Lipinski definition) is 3. The second-order valence-corrected chi connectivity index (χ2v) is 4.39. The van der Waals surface area contributed by atoms with Crippen LogP contribution in [-0.2, 0) is 9.47 Å². The zero-order valence-electron chi connectivity index (χ0n) is 9.66. The van der Waals surface area contributed by atoms with E-state index in [0.29, 0.717) is 11.5 Å². The highest BCUT2D eigenvalue weighted by Gasteiger charge is 2.30. The van der Waals surface area contributed by atoms with Crippen molar-refractivity contribution in [2.45, 2.75) is 25.9 Å². The fourth-order valence-electron chi connectivity index (χ4n) is 1.63. The van der Waals surface area contributed by atoms with E-state index in [4.69, 9.17) is 9.47 Å². The van der Waals surface area contributed by atoms with Crippen LogP contribution in [0.4, 0.5) is 4.79 Å². The van der Waals surface area contributed by atoms with Gasteiger partial charge in [0.05, 0.1) is 0 Å². The van der Waals surface area contributed by atoms with Crippen LogP contribution >= 0.6 is 0 Å². The van der Waals surface area contributed by atoms with Crippen molar-refractivity contribution in [3.8, 4) is 0 Å². The van der Waals surface area contributed by atoms with Gasteiger partial charge >= 0.3 is 6.09 Å². The van der Waals surface area contributed by atoms with Gasteiger partial charge in [0.2, 0.25) is 0 Å². The van der Waals surface area contributed by atoms with Gasteiger partial charge in [-0.2, -0.15) is 0 Å². The Labute approximate surface area is 94.6 Å². The maximum absolute atomic E-state index is 11.1. The first kappa shape index (κ1) is 10.8. The molecule has 1 amide bonds. The molecular weight excluding hydrogens is 206 g/mol. The molecular formula is C12H15NO3. The predicted octanol–water partition coefficient (Wildman–Crippen LogP) is 2.25. The van der Waals surface area contributed by atoms with Crippen molar-refractivity contribution in [3.05, 3.63) is 35.3 Å². The van der Waals surface area contributed by atoms with Gasteiger partial charge < -0.3 is 14.8 Å². The van der Waals surface area contributed by atoms with Gasteiger partial charge in [0.15, 0.2) is 11.5 Å². The van der Waals surface area contributed by atoms with E-state index in [1.165, 1.54) is 7.05 Å². The quantitative estimate of drug-likeness (QED) is 0.738. The summed E-state index contributed by atoms with van der Waals surface area (Å²) in [7, 11) is 1.52. The highest BCUT2D eigenvalue weighted by Crippen LogP contribution is 2.36. The molecule has 0 saturated heterocycles. The molecule has 0 atom stereocenters. The molecule has 0 saturated carbocycles. The lowest BCUT2D eigenvalue weighted by Crippen LogP contribution is -2.27. The van der Waals surface area contributed by atoms with Crippen molar-refractivity contribution in [2.24, 2.45) is 0 Å². The Balaban J connectivity index is 2.25. The Morgan fingerprint density at radius 3 is 2.94 bits per heavy atom. The summed E-state index contributed by atoms with van der Waals surface area (Å²) in [6.07, 6.45) is 6.10. The van der Waals surface area contributed by atoms with Crippen molar-refractivity contribution < 1.29 is 14.3 Å². The Bertz CT molecular complexity index is 416. The van der Waals surface area contributed by atoms with Crippen LogP contribution in [0.2, 0.25) is 0 Å². The summed E-state index contributed by atoms with van der Waals surface area (Å²) in [5, 5.41) is 2.40. The van der Waals surface area contributed by atoms with Gasteiger partial charge in [-0.25, -0.2) is 4.79 Å². The minimum Gasteiger partial charge on any atom is -0.483 e. The van der Waals surface area contributed by atoms with Crippen LogP contribution in [0.15, 0.2) is 35.3 Å². The molecule has 0 aromatic rings. The van der Waals surface area contributed by atoms with Crippen LogP contribution in [-0.4, -0.2) is 18.7 Å². The van der Waals surface area contributed by atoms with E-state index in [9.17, 15) is 4.79 Å². The van der Waals surface area contributed by atoms with Gasteiger partial charge in [-0.05, 0) is 26.0 Å². The van der Waals surface area contributed by atoms with Gasteiger partial charge in [-0.1, -0.05) is 6.08 Å². The summed E-state index contributed by atoms with van der Waals surface area (Å²) in [6, 6.07) is 0. The molecule has 1 heterocycles. The predicted molar refractivity (Wildman–Crippen MR) is 59.6 cm³/mol. The highest BCUT2D eigenvalue weighted by atomic mass is 16.6. The number of carbonyl (C=O) groups is 1. The molecule has 0 fully saturated rings. The van der Waals surface area contributed by atoms with E-state index >= 15 is 0 Å². The number of allylic oxidation sites excluding steroid dienone is 2. The van der Waals surface area contributed by atoms with E-state index in [1.54, 1.807) is 6.08 Å². The van der Waals surface area contributed by atoms with Crippen molar-refractivity contribution in [1.82, 2.24) is 5.32 Å². The molecule has 1 N–H and O–H groups in total. The Kier molecular flexibility index (Phi) is 2.50. The molecule has 1 aliphatic heterocycles. The van der Waals surface area contributed by atoms with Crippen LogP contribution in [0.1, 0.15) is 20.3 Å². The van der Waals surface area contributed by atoms with Crippen molar-refractivity contribution >= 4 is 6.09 Å². The van der Waals surface area contributed by atoms with Gasteiger partial charge in [-0.3, -0.25) is 0 Å². The summed E-state index contributed by atoms with van der Waals surface area (Å²) in [6.45, 7) is 4.01. The summed E-state index contributed by atoms with van der Waals surface area (Å²) in [4.78, 5) is 11.1. The molecule has 0 aromatic heterocycles. The van der Waals surface area contributed by atoms with Gasteiger partial charge in [0.1, 0.15) is 5.60 Å². The third-order valence-electron chi connectivity index (χ3n) is 2.50. The number of nitrogens with one attached hydrogen (secondary N) is 1. The third kappa shape index (κ3) is 1.96. The lowest BCUT2D eigenvalue weighted by molar-refractivity contribution is 0.0291. The van der Waals surface area contributed by atoms with Gasteiger partial charge in [-0.15, -0.1) is 0 Å². The molecule has 4 heteroatoms. The number of fused-ring (bicyclic) bond motifs is 1. The van der Waals surface area contributed by atoms with Gasteiger partial charge in [0.25, 0.3) is 0 Å². The topological polar surface area (TPSA) is 47.6 Å². The maximum atomic E-state index is 11.1. The van der Waals surface area contributed by atoms with E-state index in [2.05, 4.69) is 11.4 Å². The molecule has 0 radical (unpaired) electrons. The zero-order chi connectivity index (χ0) is 11.8. The highest BCUT2D eigenvalue weighted by molar-refractivity contribution is 5.69. The van der Waals surface area contributed by atoms with E-state index in [1.807, 2.05) is 19.9 Å². The smallest absolute Gasteiger partial charge is 0.412 e. The molecule has 2 aliphatic rings. The minimum atomic E-state index is -0.486. The SMILES string of the molecule is CNC(=O)OC1=C2OC(C)(C)CC=C2C=C1. The molecule has 1 aliphatic carbocycles. The number of ether oxygens (including phenoxy) is 2. The average molecular weight is 221 g/mol. The summed E-state index contributed by atoms with van der Waals surface area (Å²) in [5.74, 6) is 1.12. The zero-order valence-corrected chi connectivity index (χ0v) is 9.66. The summed E-state index contributed by atoms with van der Waals surface area (Å²) >= 11 is 0. The fraction of sp³-hybridized carbons (Fsp3) is 0.417. The summed E-state index contributed by atoms with van der Waals surface area (Å²) in [5.41, 5.74) is 0.737. The first-order valence-electron chi connectivity index (χ1n) is 5.23. The van der Waals surface area contributed by atoms with Crippen molar-refractivity contribution in [2.75, 3.05) is 7.05 Å². The van der Waals surface area contributed by atoms with E-state index in [0.717, 1.165) is 12.0 Å². The van der Waals surface area contributed by atoms with Crippen LogP contribution in [0.5, 0.6) is 0 Å². The monoisotopic (exact) mass is 221 g/mol. The first-order chi connectivity index (χ1) is 7.52. The first-order valence-corrected chi connectivity index (χ1v) is 5.23. The molecule has 0 bridgehead atoms. The second kappa shape index (κ2) is 3.70. The molecule has 0 unspecified atom stereocenters. The molecule has 86 valence electrons. The normalized spacial score (nSPS) is 21.1. The van der Waals surface area contributed by atoms with Crippen molar-refractivity contribution in [3.63, 3.8) is 0 Å². The Morgan fingerprint density at radius 1 is 1.50 bits per heavy atom. The number of carbonyl (C=O) groups excluding carboxylic acids is 1. The summed E-state index contributed by atoms with van der Waals surface area (Å²) < 4.78 is 10.9. The molecule has 16 heavy (non-hydrogen) atoms. The molecule has 4 nitrogen and oxygen atoms in total.